The van der Waals surface area contributed by atoms with Crippen molar-refractivity contribution in [2.75, 3.05) is 13.6 Å². The van der Waals surface area contributed by atoms with Crippen LogP contribution in [0.4, 0.5) is 0 Å². The third kappa shape index (κ3) is 3.05. The van der Waals surface area contributed by atoms with Crippen LogP contribution in [-0.4, -0.2) is 32.4 Å². The Hall–Kier alpha value is -0.140. The average Bonchev–Trinajstić information content (AvgIpc) is 3.01. The molecule has 1 aliphatic carbocycles. The monoisotopic (exact) mass is 310 g/mol. The fourth-order valence-corrected chi connectivity index (χ4v) is 4.89. The van der Waals surface area contributed by atoms with Gasteiger partial charge < -0.3 is 5.73 Å². The molecule has 0 amide bonds. The Morgan fingerprint density at radius 1 is 1.50 bits per heavy atom. The van der Waals surface area contributed by atoms with Crippen LogP contribution < -0.4 is 5.73 Å². The summed E-state index contributed by atoms with van der Waals surface area (Å²) < 4.78 is 26.6. The first-order valence-electron chi connectivity index (χ1n) is 5.71. The Kier molecular flexibility index (Phi) is 5.20. The molecule has 1 heterocycles. The number of aryl methyl sites for hydroxylation is 1. The van der Waals surface area contributed by atoms with Gasteiger partial charge in [0.1, 0.15) is 4.21 Å². The molecule has 4 nitrogen and oxygen atoms in total. The van der Waals surface area contributed by atoms with Gasteiger partial charge in [0.05, 0.1) is 0 Å². The van der Waals surface area contributed by atoms with E-state index in [-0.39, 0.29) is 18.4 Å². The fourth-order valence-electron chi connectivity index (χ4n) is 1.99. The predicted octanol–water partition coefficient (Wildman–Crippen LogP) is 1.84. The highest BCUT2D eigenvalue weighted by atomic mass is 35.5. The summed E-state index contributed by atoms with van der Waals surface area (Å²) in [6.07, 6.45) is 2.18. The number of sulfonamides is 1. The summed E-state index contributed by atoms with van der Waals surface area (Å²) in [4.78, 5) is 1.01. The lowest BCUT2D eigenvalue weighted by Gasteiger charge is -2.25. The van der Waals surface area contributed by atoms with Crippen LogP contribution in [0.15, 0.2) is 16.3 Å². The van der Waals surface area contributed by atoms with Crippen LogP contribution in [0.3, 0.4) is 0 Å². The molecule has 2 rings (SSSR count). The van der Waals surface area contributed by atoms with Crippen LogP contribution in [0.2, 0.25) is 0 Å². The van der Waals surface area contributed by atoms with Crippen LogP contribution in [-0.2, 0) is 10.0 Å². The number of likely N-dealkylation sites (N-methyl/N-ethyl adjacent to an activating group) is 1. The topological polar surface area (TPSA) is 63.4 Å². The molecule has 0 radical (unpaired) electrons. The van der Waals surface area contributed by atoms with Crippen molar-refractivity contribution in [3.8, 4) is 0 Å². The van der Waals surface area contributed by atoms with E-state index in [9.17, 15) is 8.42 Å². The van der Waals surface area contributed by atoms with Gasteiger partial charge in [0, 0.05) is 24.5 Å². The maximum Gasteiger partial charge on any atom is 0.252 e. The Morgan fingerprint density at radius 2 is 2.11 bits per heavy atom. The highest BCUT2D eigenvalue weighted by molar-refractivity contribution is 7.91. The molecule has 2 N–H and O–H groups in total. The van der Waals surface area contributed by atoms with E-state index in [1.165, 1.54) is 15.6 Å². The maximum absolute atomic E-state index is 12.4. The average molecular weight is 311 g/mol. The molecule has 0 spiro atoms. The summed E-state index contributed by atoms with van der Waals surface area (Å²) in [6.45, 7) is 2.30. The Morgan fingerprint density at radius 3 is 2.50 bits per heavy atom. The van der Waals surface area contributed by atoms with Crippen LogP contribution in [0.1, 0.15) is 17.7 Å². The number of rotatable bonds is 5. The van der Waals surface area contributed by atoms with Gasteiger partial charge >= 0.3 is 0 Å². The van der Waals surface area contributed by atoms with E-state index in [0.29, 0.717) is 16.7 Å². The van der Waals surface area contributed by atoms with Crippen molar-refractivity contribution in [2.45, 2.75) is 30.0 Å². The Labute approximate surface area is 119 Å². The van der Waals surface area contributed by atoms with Gasteiger partial charge in [0.15, 0.2) is 0 Å². The van der Waals surface area contributed by atoms with E-state index >= 15 is 0 Å². The lowest BCUT2D eigenvalue weighted by Crippen LogP contribution is -2.42. The van der Waals surface area contributed by atoms with Crippen LogP contribution in [0.5, 0.6) is 0 Å². The van der Waals surface area contributed by atoms with Gasteiger partial charge in [0.2, 0.25) is 0 Å². The highest BCUT2D eigenvalue weighted by Gasteiger charge is 2.38. The van der Waals surface area contributed by atoms with Crippen LogP contribution >= 0.6 is 23.7 Å². The number of hydrogen-bond donors (Lipinski definition) is 1. The molecule has 1 aromatic rings. The SMILES string of the molecule is Cc1ccc(S(=O)(=O)N(C)C(CN)C2CC2)s1.Cl. The molecule has 1 unspecified atom stereocenters. The predicted molar refractivity (Wildman–Crippen MR) is 76.8 cm³/mol. The molecule has 1 saturated carbocycles. The number of hydrogen-bond acceptors (Lipinski definition) is 4. The Balaban J connectivity index is 0.00000162. The van der Waals surface area contributed by atoms with E-state index in [1.807, 2.05) is 13.0 Å². The van der Waals surface area contributed by atoms with Crippen molar-refractivity contribution < 1.29 is 8.42 Å². The number of thiophene rings is 1. The summed E-state index contributed by atoms with van der Waals surface area (Å²) >= 11 is 1.31. The first-order chi connectivity index (χ1) is 7.96. The standard InChI is InChI=1S/C11H18N2O2S2.ClH/c1-8-3-6-11(16-8)17(14,15)13(2)10(7-12)9-4-5-9;/h3,6,9-10H,4-5,7,12H2,1-2H3;1H. The second-order valence-electron chi connectivity index (χ2n) is 4.53. The number of nitrogens with two attached hydrogens (primary N) is 1. The molecule has 0 bridgehead atoms. The molecule has 1 aromatic heterocycles. The highest BCUT2D eigenvalue weighted by Crippen LogP contribution is 2.36. The van der Waals surface area contributed by atoms with Crippen molar-refractivity contribution in [1.82, 2.24) is 4.31 Å². The number of halogens is 1. The normalized spacial score (nSPS) is 17.6. The fraction of sp³-hybridized carbons (Fsp3) is 0.636. The summed E-state index contributed by atoms with van der Waals surface area (Å²) in [7, 11) is -1.72. The molecule has 7 heteroatoms. The minimum atomic E-state index is -3.36. The van der Waals surface area contributed by atoms with Crippen molar-refractivity contribution >= 4 is 33.8 Å². The molecule has 1 fully saturated rings. The van der Waals surface area contributed by atoms with Crippen molar-refractivity contribution in [2.24, 2.45) is 11.7 Å². The van der Waals surface area contributed by atoms with Gasteiger partial charge in [-0.25, -0.2) is 8.42 Å². The molecule has 1 aliphatic rings. The van der Waals surface area contributed by atoms with Crippen LogP contribution in [0, 0.1) is 12.8 Å². The van der Waals surface area contributed by atoms with Gasteiger partial charge in [0.25, 0.3) is 10.0 Å². The third-order valence-corrected chi connectivity index (χ3v) is 6.57. The zero-order valence-corrected chi connectivity index (χ0v) is 12.9. The largest absolute Gasteiger partial charge is 0.329 e. The molecule has 1 atom stereocenters. The first kappa shape index (κ1) is 15.9. The minimum absolute atomic E-state index is 0. The summed E-state index contributed by atoms with van der Waals surface area (Å²) in [5, 5.41) is 0. The van der Waals surface area contributed by atoms with E-state index in [4.69, 9.17) is 5.73 Å². The van der Waals surface area contributed by atoms with Crippen LogP contribution in [0.25, 0.3) is 0 Å². The zero-order valence-electron chi connectivity index (χ0n) is 10.5. The first-order valence-corrected chi connectivity index (χ1v) is 7.97. The molecular formula is C11H19ClN2O2S2. The Bertz CT molecular complexity index is 497. The summed E-state index contributed by atoms with van der Waals surface area (Å²) in [5.74, 6) is 0.445. The van der Waals surface area contributed by atoms with Gasteiger partial charge in [-0.2, -0.15) is 4.31 Å². The second kappa shape index (κ2) is 5.88. The van der Waals surface area contributed by atoms with E-state index in [2.05, 4.69) is 0 Å². The van der Waals surface area contributed by atoms with Crippen molar-refractivity contribution in [1.29, 1.82) is 0 Å². The van der Waals surface area contributed by atoms with Crippen molar-refractivity contribution in [3.05, 3.63) is 17.0 Å². The number of nitrogens with zero attached hydrogens (tertiary/aromatic N) is 1. The van der Waals surface area contributed by atoms with Gasteiger partial charge in [-0.15, -0.1) is 23.7 Å². The van der Waals surface area contributed by atoms with E-state index < -0.39 is 10.0 Å². The molecule has 0 saturated heterocycles. The van der Waals surface area contributed by atoms with Gasteiger partial charge in [-0.1, -0.05) is 0 Å². The molecule has 0 aliphatic heterocycles. The summed E-state index contributed by atoms with van der Waals surface area (Å²) in [5.41, 5.74) is 5.69. The quantitative estimate of drug-likeness (QED) is 0.902. The van der Waals surface area contributed by atoms with Crippen molar-refractivity contribution in [3.63, 3.8) is 0 Å². The van der Waals surface area contributed by atoms with Gasteiger partial charge in [-0.05, 0) is 37.8 Å². The molecule has 18 heavy (non-hydrogen) atoms. The smallest absolute Gasteiger partial charge is 0.252 e. The summed E-state index contributed by atoms with van der Waals surface area (Å²) in [6, 6.07) is 3.45. The zero-order chi connectivity index (χ0) is 12.6. The van der Waals surface area contributed by atoms with E-state index in [0.717, 1.165) is 17.7 Å². The molecule has 0 aromatic carbocycles. The second-order valence-corrected chi connectivity index (χ2v) is 8.04. The lowest BCUT2D eigenvalue weighted by molar-refractivity contribution is 0.341. The minimum Gasteiger partial charge on any atom is -0.329 e. The third-order valence-electron chi connectivity index (χ3n) is 3.22. The maximum atomic E-state index is 12.4. The van der Waals surface area contributed by atoms with Gasteiger partial charge in [-0.3, -0.25) is 0 Å². The van der Waals surface area contributed by atoms with E-state index in [1.54, 1.807) is 13.1 Å². The lowest BCUT2D eigenvalue weighted by atomic mass is 10.2. The molecular weight excluding hydrogens is 292 g/mol. The molecule has 104 valence electrons.